The molecule has 96 valence electrons. The van der Waals surface area contributed by atoms with Crippen molar-refractivity contribution in [2.45, 2.75) is 20.3 Å². The summed E-state index contributed by atoms with van der Waals surface area (Å²) < 4.78 is 5.79. The fourth-order valence-corrected chi connectivity index (χ4v) is 2.21. The second-order valence-corrected chi connectivity index (χ2v) is 5.25. The van der Waals surface area contributed by atoms with Gasteiger partial charge in [0.1, 0.15) is 5.52 Å². The van der Waals surface area contributed by atoms with Crippen LogP contribution in [0.15, 0.2) is 40.8 Å². The van der Waals surface area contributed by atoms with E-state index in [1.807, 2.05) is 30.3 Å². The lowest BCUT2D eigenvalue weighted by Crippen LogP contribution is -1.87. The van der Waals surface area contributed by atoms with Crippen LogP contribution in [0.4, 0.5) is 0 Å². The molecule has 0 fully saturated rings. The van der Waals surface area contributed by atoms with Crippen LogP contribution in [0.2, 0.25) is 5.02 Å². The summed E-state index contributed by atoms with van der Waals surface area (Å²) in [6.45, 7) is 4.17. The second-order valence-electron chi connectivity index (χ2n) is 4.82. The van der Waals surface area contributed by atoms with Crippen LogP contribution in [0.5, 0.6) is 0 Å². The van der Waals surface area contributed by atoms with Crippen molar-refractivity contribution in [3.8, 4) is 0 Å². The van der Waals surface area contributed by atoms with Gasteiger partial charge in [-0.2, -0.15) is 0 Å². The van der Waals surface area contributed by atoms with Gasteiger partial charge in [0, 0.05) is 11.4 Å². The molecule has 0 radical (unpaired) electrons. The van der Waals surface area contributed by atoms with E-state index < -0.39 is 0 Å². The fourth-order valence-electron chi connectivity index (χ4n) is 2.08. The molecule has 0 atom stereocenters. The molecule has 0 saturated heterocycles. The molecule has 3 heteroatoms. The van der Waals surface area contributed by atoms with Crippen LogP contribution in [-0.2, 0) is 6.42 Å². The van der Waals surface area contributed by atoms with Gasteiger partial charge in [-0.3, -0.25) is 0 Å². The van der Waals surface area contributed by atoms with E-state index in [1.165, 1.54) is 11.1 Å². The lowest BCUT2D eigenvalue weighted by molar-refractivity contribution is 0.544. The third kappa shape index (κ3) is 2.49. The van der Waals surface area contributed by atoms with Crippen molar-refractivity contribution in [2.75, 3.05) is 0 Å². The number of halogens is 1. The molecular formula is C16H14ClNO. The first-order valence-corrected chi connectivity index (χ1v) is 6.61. The molecule has 19 heavy (non-hydrogen) atoms. The first-order chi connectivity index (χ1) is 9.11. The normalized spacial score (nSPS) is 11.1. The van der Waals surface area contributed by atoms with Crippen LogP contribution in [0.25, 0.3) is 11.1 Å². The summed E-state index contributed by atoms with van der Waals surface area (Å²) in [4.78, 5) is 4.53. The number of oxazole rings is 1. The zero-order chi connectivity index (χ0) is 13.4. The van der Waals surface area contributed by atoms with E-state index >= 15 is 0 Å². The van der Waals surface area contributed by atoms with Crippen LogP contribution < -0.4 is 0 Å². The summed E-state index contributed by atoms with van der Waals surface area (Å²) in [7, 11) is 0. The standard InChI is InChI=1S/C16H14ClNO/c1-10-7-14-15(8-11(10)2)19-16(18-14)9-12-3-5-13(17)6-4-12/h3-8H,9H2,1-2H3. The van der Waals surface area contributed by atoms with Crippen molar-refractivity contribution in [1.82, 2.24) is 4.98 Å². The highest BCUT2D eigenvalue weighted by Crippen LogP contribution is 2.22. The molecule has 2 nitrogen and oxygen atoms in total. The van der Waals surface area contributed by atoms with Gasteiger partial charge in [0.15, 0.2) is 11.5 Å². The molecule has 1 heterocycles. The Kier molecular flexibility index (Phi) is 3.03. The fraction of sp³-hybridized carbons (Fsp3) is 0.188. The molecule has 0 spiro atoms. The Morgan fingerprint density at radius 3 is 2.47 bits per heavy atom. The Balaban J connectivity index is 1.95. The second kappa shape index (κ2) is 4.71. The molecule has 2 aromatic carbocycles. The van der Waals surface area contributed by atoms with Crippen molar-refractivity contribution in [3.05, 3.63) is 64.0 Å². The number of benzene rings is 2. The smallest absolute Gasteiger partial charge is 0.199 e. The maximum atomic E-state index is 5.87. The van der Waals surface area contributed by atoms with Gasteiger partial charge >= 0.3 is 0 Å². The Morgan fingerprint density at radius 2 is 1.74 bits per heavy atom. The molecule has 0 amide bonds. The van der Waals surface area contributed by atoms with Gasteiger partial charge in [-0.25, -0.2) is 4.98 Å². The Morgan fingerprint density at radius 1 is 1.05 bits per heavy atom. The Hall–Kier alpha value is -1.80. The first kappa shape index (κ1) is 12.2. The highest BCUT2D eigenvalue weighted by molar-refractivity contribution is 6.30. The van der Waals surface area contributed by atoms with E-state index in [1.54, 1.807) is 0 Å². The number of hydrogen-bond acceptors (Lipinski definition) is 2. The molecule has 3 aromatic rings. The third-order valence-electron chi connectivity index (χ3n) is 3.32. The highest BCUT2D eigenvalue weighted by atomic mass is 35.5. The molecule has 0 saturated carbocycles. The topological polar surface area (TPSA) is 26.0 Å². The number of hydrogen-bond donors (Lipinski definition) is 0. The van der Waals surface area contributed by atoms with E-state index in [4.69, 9.17) is 16.0 Å². The van der Waals surface area contributed by atoms with Crippen LogP contribution >= 0.6 is 11.6 Å². The molecule has 0 aliphatic rings. The molecule has 0 bridgehead atoms. The summed E-state index contributed by atoms with van der Waals surface area (Å²) in [6, 6.07) is 11.9. The number of rotatable bonds is 2. The molecule has 1 aromatic heterocycles. The van der Waals surface area contributed by atoms with Crippen molar-refractivity contribution in [3.63, 3.8) is 0 Å². The summed E-state index contributed by atoms with van der Waals surface area (Å²) in [5, 5.41) is 0.743. The van der Waals surface area contributed by atoms with Gasteiger partial charge in [0.25, 0.3) is 0 Å². The predicted octanol–water partition coefficient (Wildman–Crippen LogP) is 4.69. The lowest BCUT2D eigenvalue weighted by atomic mass is 10.1. The Bertz CT molecular complexity index is 689. The zero-order valence-electron chi connectivity index (χ0n) is 10.9. The number of nitrogens with zero attached hydrogens (tertiary/aromatic N) is 1. The van der Waals surface area contributed by atoms with Crippen LogP contribution in [0.1, 0.15) is 22.6 Å². The van der Waals surface area contributed by atoms with E-state index in [-0.39, 0.29) is 0 Å². The molecule has 0 aliphatic carbocycles. The van der Waals surface area contributed by atoms with Gasteiger partial charge in [0.2, 0.25) is 0 Å². The summed E-state index contributed by atoms with van der Waals surface area (Å²) in [5.74, 6) is 0.738. The van der Waals surface area contributed by atoms with Gasteiger partial charge in [-0.15, -0.1) is 0 Å². The van der Waals surface area contributed by atoms with Crippen LogP contribution in [0.3, 0.4) is 0 Å². The number of fused-ring (bicyclic) bond motifs is 1. The maximum absolute atomic E-state index is 5.87. The van der Waals surface area contributed by atoms with Gasteiger partial charge in [-0.05, 0) is 54.8 Å². The first-order valence-electron chi connectivity index (χ1n) is 6.23. The highest BCUT2D eigenvalue weighted by Gasteiger charge is 2.08. The van der Waals surface area contributed by atoms with Crippen LogP contribution in [-0.4, -0.2) is 4.98 Å². The SMILES string of the molecule is Cc1cc2nc(Cc3ccc(Cl)cc3)oc2cc1C. The molecular weight excluding hydrogens is 258 g/mol. The van der Waals surface area contributed by atoms with E-state index in [0.29, 0.717) is 6.42 Å². The summed E-state index contributed by atoms with van der Waals surface area (Å²) in [6.07, 6.45) is 0.684. The van der Waals surface area contributed by atoms with Gasteiger partial charge in [0.05, 0.1) is 0 Å². The minimum Gasteiger partial charge on any atom is -0.440 e. The molecule has 0 aliphatic heterocycles. The predicted molar refractivity (Wildman–Crippen MR) is 77.7 cm³/mol. The monoisotopic (exact) mass is 271 g/mol. The quantitative estimate of drug-likeness (QED) is 0.676. The zero-order valence-corrected chi connectivity index (χ0v) is 11.7. The van der Waals surface area contributed by atoms with Crippen molar-refractivity contribution < 1.29 is 4.42 Å². The van der Waals surface area contributed by atoms with Crippen molar-refractivity contribution in [1.29, 1.82) is 0 Å². The van der Waals surface area contributed by atoms with E-state index in [0.717, 1.165) is 27.6 Å². The average Bonchev–Trinajstić information content (AvgIpc) is 2.74. The minimum atomic E-state index is 0.684. The van der Waals surface area contributed by atoms with Crippen LogP contribution in [0, 0.1) is 13.8 Å². The van der Waals surface area contributed by atoms with Crippen molar-refractivity contribution in [2.24, 2.45) is 0 Å². The molecule has 3 rings (SSSR count). The number of aryl methyl sites for hydroxylation is 2. The van der Waals surface area contributed by atoms with Gasteiger partial charge < -0.3 is 4.42 Å². The van der Waals surface area contributed by atoms with E-state index in [2.05, 4.69) is 24.9 Å². The maximum Gasteiger partial charge on any atom is 0.199 e. The molecule has 0 N–H and O–H groups in total. The number of aromatic nitrogens is 1. The van der Waals surface area contributed by atoms with Crippen molar-refractivity contribution >= 4 is 22.7 Å². The summed E-state index contributed by atoms with van der Waals surface area (Å²) >= 11 is 5.87. The molecule has 0 unspecified atom stereocenters. The minimum absolute atomic E-state index is 0.684. The van der Waals surface area contributed by atoms with E-state index in [9.17, 15) is 0 Å². The Labute approximate surface area is 117 Å². The lowest BCUT2D eigenvalue weighted by Gasteiger charge is -1.97. The third-order valence-corrected chi connectivity index (χ3v) is 3.57. The summed E-state index contributed by atoms with van der Waals surface area (Å²) in [5.41, 5.74) is 5.38. The van der Waals surface area contributed by atoms with Gasteiger partial charge in [-0.1, -0.05) is 23.7 Å². The largest absolute Gasteiger partial charge is 0.440 e. The average molecular weight is 272 g/mol.